The fourth-order valence-electron chi connectivity index (χ4n) is 9.59. The summed E-state index contributed by atoms with van der Waals surface area (Å²) in [6.45, 7) is 15.9. The molecule has 0 aromatic heterocycles. The van der Waals surface area contributed by atoms with E-state index < -0.39 is 23.9 Å². The summed E-state index contributed by atoms with van der Waals surface area (Å²) in [6.07, 6.45) is 6.23. The van der Waals surface area contributed by atoms with Gasteiger partial charge in [-0.2, -0.15) is 0 Å². The van der Waals surface area contributed by atoms with Gasteiger partial charge in [-0.15, -0.1) is 0 Å². The second-order valence-corrected chi connectivity index (χ2v) is 13.2. The molecule has 4 aliphatic carbocycles. The summed E-state index contributed by atoms with van der Waals surface area (Å²) >= 11 is 0. The Hall–Kier alpha value is -0.420. The van der Waals surface area contributed by atoms with E-state index in [4.69, 9.17) is 4.74 Å². The lowest BCUT2D eigenvalue weighted by Gasteiger charge is -2.61. The summed E-state index contributed by atoms with van der Waals surface area (Å²) in [7, 11) is 0. The van der Waals surface area contributed by atoms with Crippen LogP contribution in [0.15, 0.2) is 12.2 Å². The highest BCUT2D eigenvalue weighted by Crippen LogP contribution is 2.74. The van der Waals surface area contributed by atoms with Crippen LogP contribution in [0.5, 0.6) is 0 Å². The van der Waals surface area contributed by atoms with Crippen LogP contribution in [0, 0.1) is 46.3 Å². The van der Waals surface area contributed by atoms with Crippen LogP contribution in [0.4, 0.5) is 0 Å². The molecule has 4 heteroatoms. The van der Waals surface area contributed by atoms with E-state index in [1.807, 2.05) is 0 Å². The van der Waals surface area contributed by atoms with Crippen molar-refractivity contribution in [3.63, 3.8) is 0 Å². The molecular formula is C28H46O4. The van der Waals surface area contributed by atoms with Gasteiger partial charge >= 0.3 is 0 Å². The topological polar surface area (TPSA) is 73.2 Å². The second kappa shape index (κ2) is 7.54. The first-order valence-electron chi connectivity index (χ1n) is 13.4. The van der Waals surface area contributed by atoms with Crippen molar-refractivity contribution in [2.75, 3.05) is 0 Å². The van der Waals surface area contributed by atoms with E-state index in [0.29, 0.717) is 36.5 Å². The number of hydrogen-bond acceptors (Lipinski definition) is 4. The predicted octanol–water partition coefficient (Wildman–Crippen LogP) is 4.71. The highest BCUT2D eigenvalue weighted by molar-refractivity contribution is 5.28. The molecule has 4 saturated carbocycles. The molecule has 1 aliphatic heterocycles. The maximum atomic E-state index is 11.6. The zero-order valence-corrected chi connectivity index (χ0v) is 20.9. The number of fused-ring (bicyclic) bond motifs is 4. The number of allylic oxidation sites excluding steroid dienone is 1. The molecule has 0 aromatic carbocycles. The molecule has 12 unspecified atom stereocenters. The van der Waals surface area contributed by atoms with Crippen LogP contribution >= 0.6 is 0 Å². The van der Waals surface area contributed by atoms with Gasteiger partial charge in [-0.05, 0) is 85.9 Å². The third-order valence-corrected chi connectivity index (χ3v) is 11.7. The van der Waals surface area contributed by atoms with Crippen LogP contribution in [0.25, 0.3) is 0 Å². The van der Waals surface area contributed by atoms with Crippen LogP contribution in [0.3, 0.4) is 0 Å². The number of aliphatic hydroxyl groups excluding tert-OH is 3. The second-order valence-electron chi connectivity index (χ2n) is 13.2. The minimum atomic E-state index is -0.557. The minimum Gasteiger partial charge on any atom is -0.393 e. The normalized spacial score (nSPS) is 54.9. The minimum absolute atomic E-state index is 0.201. The Morgan fingerprint density at radius 1 is 1.06 bits per heavy atom. The van der Waals surface area contributed by atoms with E-state index in [2.05, 4.69) is 41.2 Å². The fraction of sp³-hybridized carbons (Fsp3) is 0.929. The van der Waals surface area contributed by atoms with Gasteiger partial charge in [0.25, 0.3) is 0 Å². The zero-order valence-electron chi connectivity index (χ0n) is 20.9. The van der Waals surface area contributed by atoms with Crippen molar-refractivity contribution < 1.29 is 20.1 Å². The summed E-state index contributed by atoms with van der Waals surface area (Å²) in [4.78, 5) is 0. The maximum absolute atomic E-state index is 11.6. The predicted molar refractivity (Wildman–Crippen MR) is 126 cm³/mol. The van der Waals surface area contributed by atoms with Gasteiger partial charge in [-0.1, -0.05) is 46.8 Å². The standard InChI is InChI=1S/C28H46O4/c1-15(2)16(3)7-8-17(4)19-9-10-20-23-21(11-12-26(19,20)5)27(6)22(30)13-18(29)14-28(27)25(32-28)24(23)31/h15,17-25,29-31H,3,7-14H2,1-2,4-6H3. The number of rotatable bonds is 5. The third-order valence-electron chi connectivity index (χ3n) is 11.7. The number of ether oxygens (including phenoxy) is 1. The van der Waals surface area contributed by atoms with Gasteiger partial charge in [0.1, 0.15) is 11.7 Å². The molecule has 0 aromatic rings. The molecule has 0 bridgehead atoms. The summed E-state index contributed by atoms with van der Waals surface area (Å²) in [5.74, 6) is 2.88. The van der Waals surface area contributed by atoms with Gasteiger partial charge in [0, 0.05) is 11.8 Å². The number of epoxide rings is 1. The fourth-order valence-corrected chi connectivity index (χ4v) is 9.59. The molecule has 5 fully saturated rings. The van der Waals surface area contributed by atoms with Gasteiger partial charge < -0.3 is 20.1 Å². The molecule has 5 aliphatic rings. The van der Waals surface area contributed by atoms with Crippen molar-refractivity contribution in [1.29, 1.82) is 0 Å². The number of aliphatic hydroxyl groups is 3. The van der Waals surface area contributed by atoms with Crippen LogP contribution < -0.4 is 0 Å². The van der Waals surface area contributed by atoms with Crippen molar-refractivity contribution in [1.82, 2.24) is 0 Å². The van der Waals surface area contributed by atoms with Crippen molar-refractivity contribution in [2.45, 2.75) is 116 Å². The first-order valence-corrected chi connectivity index (χ1v) is 13.4. The average Bonchev–Trinajstić information content (AvgIpc) is 3.34. The summed E-state index contributed by atoms with van der Waals surface area (Å²) in [5.41, 5.74) is 0.735. The van der Waals surface area contributed by atoms with Gasteiger partial charge in [0.15, 0.2) is 0 Å². The summed E-state index contributed by atoms with van der Waals surface area (Å²) in [6, 6.07) is 0. The smallest absolute Gasteiger partial charge is 0.114 e. The maximum Gasteiger partial charge on any atom is 0.114 e. The van der Waals surface area contributed by atoms with Crippen LogP contribution in [0.2, 0.25) is 0 Å². The Bertz CT molecular complexity index is 765. The molecule has 5 rings (SSSR count). The molecule has 1 spiro atoms. The van der Waals surface area contributed by atoms with Crippen LogP contribution in [0.1, 0.15) is 86.0 Å². The molecule has 4 nitrogen and oxygen atoms in total. The lowest BCUT2D eigenvalue weighted by molar-refractivity contribution is -0.193. The highest BCUT2D eigenvalue weighted by atomic mass is 16.6. The Labute approximate surface area is 194 Å². The van der Waals surface area contributed by atoms with Crippen molar-refractivity contribution in [3.8, 4) is 0 Å². The SMILES string of the molecule is C=C(CCC(C)C1CCC2C3C(O)C4OC45CC(O)CC(O)C5(C)C3CCC12C)C(C)C. The molecule has 32 heavy (non-hydrogen) atoms. The van der Waals surface area contributed by atoms with Gasteiger partial charge in [0.2, 0.25) is 0 Å². The van der Waals surface area contributed by atoms with E-state index >= 15 is 0 Å². The first-order chi connectivity index (χ1) is 15.0. The van der Waals surface area contributed by atoms with Crippen molar-refractivity contribution >= 4 is 0 Å². The third kappa shape index (κ3) is 2.94. The molecule has 182 valence electrons. The Kier molecular flexibility index (Phi) is 5.49. The molecular weight excluding hydrogens is 400 g/mol. The molecule has 1 heterocycles. The quantitative estimate of drug-likeness (QED) is 0.422. The lowest BCUT2D eigenvalue weighted by atomic mass is 9.43. The average molecular weight is 447 g/mol. The monoisotopic (exact) mass is 446 g/mol. The zero-order chi connectivity index (χ0) is 23.2. The first kappa shape index (κ1) is 23.3. The Morgan fingerprint density at radius 3 is 2.47 bits per heavy atom. The largest absolute Gasteiger partial charge is 0.393 e. The van der Waals surface area contributed by atoms with Gasteiger partial charge in [-0.3, -0.25) is 0 Å². The molecule has 1 saturated heterocycles. The number of hydrogen-bond donors (Lipinski definition) is 3. The van der Waals surface area contributed by atoms with E-state index in [1.165, 1.54) is 31.3 Å². The summed E-state index contributed by atoms with van der Waals surface area (Å²) < 4.78 is 6.28. The van der Waals surface area contributed by atoms with E-state index in [-0.39, 0.29) is 28.8 Å². The van der Waals surface area contributed by atoms with Crippen LogP contribution in [-0.4, -0.2) is 45.3 Å². The van der Waals surface area contributed by atoms with E-state index in [9.17, 15) is 15.3 Å². The molecule has 12 atom stereocenters. The lowest BCUT2D eigenvalue weighted by Crippen LogP contribution is -2.67. The van der Waals surface area contributed by atoms with Crippen molar-refractivity contribution in [2.24, 2.45) is 46.3 Å². The highest BCUT2D eigenvalue weighted by Gasteiger charge is 2.81. The Balaban J connectivity index is 1.39. The molecule has 0 radical (unpaired) electrons. The molecule has 3 N–H and O–H groups in total. The Morgan fingerprint density at radius 2 is 1.78 bits per heavy atom. The van der Waals surface area contributed by atoms with E-state index in [0.717, 1.165) is 12.8 Å². The van der Waals surface area contributed by atoms with Gasteiger partial charge in [-0.25, -0.2) is 0 Å². The van der Waals surface area contributed by atoms with Gasteiger partial charge in [0.05, 0.1) is 18.3 Å². The van der Waals surface area contributed by atoms with Crippen LogP contribution in [-0.2, 0) is 4.74 Å². The van der Waals surface area contributed by atoms with Crippen molar-refractivity contribution in [3.05, 3.63) is 12.2 Å². The molecule has 0 amide bonds. The summed E-state index contributed by atoms with van der Waals surface area (Å²) in [5, 5.41) is 33.2. The van der Waals surface area contributed by atoms with E-state index in [1.54, 1.807) is 0 Å².